The van der Waals surface area contributed by atoms with Gasteiger partial charge >= 0.3 is 12.1 Å². The van der Waals surface area contributed by atoms with Gasteiger partial charge in [0.05, 0.1) is 18.1 Å². The molecule has 23 heavy (non-hydrogen) atoms. The van der Waals surface area contributed by atoms with Gasteiger partial charge in [-0.2, -0.15) is 18.4 Å². The number of nitrogens with zero attached hydrogens (tertiary/aromatic N) is 1. The highest BCUT2D eigenvalue weighted by Crippen LogP contribution is 2.29. The van der Waals surface area contributed by atoms with Crippen LogP contribution in [0.1, 0.15) is 17.5 Å². The van der Waals surface area contributed by atoms with Gasteiger partial charge in [0.15, 0.2) is 6.61 Å². The van der Waals surface area contributed by atoms with Crippen LogP contribution in [-0.2, 0) is 20.5 Å². The number of alkyl halides is 3. The summed E-state index contributed by atoms with van der Waals surface area (Å²) in [6.45, 7) is -0.337. The molecule has 1 aromatic carbocycles. The first kappa shape index (κ1) is 18.2. The van der Waals surface area contributed by atoms with E-state index in [-0.39, 0.29) is 13.0 Å². The number of hydrogen-bond donors (Lipinski definition) is 1. The van der Waals surface area contributed by atoms with Crippen molar-refractivity contribution in [1.82, 2.24) is 5.32 Å². The number of esters is 1. The van der Waals surface area contributed by atoms with Crippen molar-refractivity contribution in [2.24, 2.45) is 0 Å². The standard InChI is InChI=1S/C15H13F3N2O3/c16-15(17,18)12-5-2-11(3-6-12)4-7-14(22)23-10-13(21)20-9-1-8-19/h2-7H,1,9-10H2,(H,20,21)/b7-4+. The number of halogens is 3. The van der Waals surface area contributed by atoms with Crippen LogP contribution < -0.4 is 5.32 Å². The van der Waals surface area contributed by atoms with Gasteiger partial charge in [-0.05, 0) is 23.8 Å². The molecule has 0 aliphatic heterocycles. The van der Waals surface area contributed by atoms with Gasteiger partial charge < -0.3 is 10.1 Å². The predicted molar refractivity (Wildman–Crippen MR) is 74.7 cm³/mol. The monoisotopic (exact) mass is 326 g/mol. The molecule has 0 saturated carbocycles. The fourth-order valence-electron chi connectivity index (χ4n) is 1.44. The Balaban J connectivity index is 2.43. The highest BCUT2D eigenvalue weighted by molar-refractivity contribution is 5.89. The Morgan fingerprint density at radius 1 is 1.26 bits per heavy atom. The Morgan fingerprint density at radius 2 is 1.91 bits per heavy atom. The Hall–Kier alpha value is -2.82. The normalized spacial score (nSPS) is 11.0. The molecule has 0 atom stereocenters. The zero-order valence-corrected chi connectivity index (χ0v) is 11.9. The molecular weight excluding hydrogens is 313 g/mol. The molecule has 0 aliphatic carbocycles. The molecule has 1 rings (SSSR count). The van der Waals surface area contributed by atoms with E-state index >= 15 is 0 Å². The first-order valence-electron chi connectivity index (χ1n) is 6.48. The number of nitriles is 1. The topological polar surface area (TPSA) is 79.2 Å². The summed E-state index contributed by atoms with van der Waals surface area (Å²) in [5.41, 5.74) is -0.403. The summed E-state index contributed by atoms with van der Waals surface area (Å²) in [7, 11) is 0. The summed E-state index contributed by atoms with van der Waals surface area (Å²) in [5, 5.41) is 10.6. The van der Waals surface area contributed by atoms with Crippen LogP contribution >= 0.6 is 0 Å². The van der Waals surface area contributed by atoms with E-state index < -0.39 is 30.2 Å². The highest BCUT2D eigenvalue weighted by Gasteiger charge is 2.29. The lowest BCUT2D eigenvalue weighted by Crippen LogP contribution is -2.29. The van der Waals surface area contributed by atoms with E-state index in [1.807, 2.05) is 6.07 Å². The van der Waals surface area contributed by atoms with E-state index in [1.165, 1.54) is 18.2 Å². The Morgan fingerprint density at radius 3 is 2.48 bits per heavy atom. The molecule has 0 heterocycles. The lowest BCUT2D eigenvalue weighted by Gasteiger charge is -2.06. The van der Waals surface area contributed by atoms with Crippen LogP contribution in [0, 0.1) is 11.3 Å². The second-order valence-corrected chi connectivity index (χ2v) is 4.32. The fourth-order valence-corrected chi connectivity index (χ4v) is 1.44. The van der Waals surface area contributed by atoms with Crippen LogP contribution in [0.2, 0.25) is 0 Å². The van der Waals surface area contributed by atoms with Gasteiger partial charge in [-0.1, -0.05) is 12.1 Å². The first-order chi connectivity index (χ1) is 10.8. The number of ether oxygens (including phenoxy) is 1. The lowest BCUT2D eigenvalue weighted by molar-refractivity contribution is -0.143. The van der Waals surface area contributed by atoms with Gasteiger partial charge in [0.1, 0.15) is 0 Å². The molecule has 0 spiro atoms. The largest absolute Gasteiger partial charge is 0.452 e. The molecule has 0 unspecified atom stereocenters. The summed E-state index contributed by atoms with van der Waals surface area (Å²) in [4.78, 5) is 22.6. The Kier molecular flexibility index (Phi) is 6.80. The summed E-state index contributed by atoms with van der Waals surface area (Å²) >= 11 is 0. The van der Waals surface area contributed by atoms with Gasteiger partial charge in [0.2, 0.25) is 0 Å². The van der Waals surface area contributed by atoms with E-state index in [0.717, 1.165) is 18.2 Å². The molecule has 0 aromatic heterocycles. The van der Waals surface area contributed by atoms with Crippen LogP contribution in [-0.4, -0.2) is 25.0 Å². The third-order valence-corrected chi connectivity index (χ3v) is 2.55. The Bertz CT molecular complexity index is 616. The quantitative estimate of drug-likeness (QED) is 0.494. The van der Waals surface area contributed by atoms with Crippen LogP contribution in [0.25, 0.3) is 6.08 Å². The third kappa shape index (κ3) is 7.13. The van der Waals surface area contributed by atoms with Crippen molar-refractivity contribution in [1.29, 1.82) is 5.26 Å². The zero-order chi connectivity index (χ0) is 17.3. The summed E-state index contributed by atoms with van der Waals surface area (Å²) < 4.78 is 41.8. The van der Waals surface area contributed by atoms with Gasteiger partial charge in [-0.3, -0.25) is 4.79 Å². The Labute approximate surface area is 130 Å². The molecule has 0 aliphatic rings. The van der Waals surface area contributed by atoms with Gasteiger partial charge in [0, 0.05) is 12.6 Å². The number of hydrogen-bond acceptors (Lipinski definition) is 4. The van der Waals surface area contributed by atoms with Crippen LogP contribution in [0.3, 0.4) is 0 Å². The van der Waals surface area contributed by atoms with Crippen molar-refractivity contribution in [3.8, 4) is 6.07 Å². The van der Waals surface area contributed by atoms with Gasteiger partial charge in [0.25, 0.3) is 5.91 Å². The van der Waals surface area contributed by atoms with Crippen molar-refractivity contribution in [2.75, 3.05) is 13.2 Å². The average molecular weight is 326 g/mol. The van der Waals surface area contributed by atoms with Crippen molar-refractivity contribution in [3.63, 3.8) is 0 Å². The average Bonchev–Trinajstić information content (AvgIpc) is 2.50. The number of amides is 1. The summed E-state index contributed by atoms with van der Waals surface area (Å²) in [6, 6.07) is 6.05. The maximum atomic E-state index is 12.4. The molecule has 1 aromatic rings. The second-order valence-electron chi connectivity index (χ2n) is 4.32. The lowest BCUT2D eigenvalue weighted by atomic mass is 10.1. The molecule has 0 radical (unpaired) electrons. The molecule has 5 nitrogen and oxygen atoms in total. The van der Waals surface area contributed by atoms with Crippen molar-refractivity contribution >= 4 is 18.0 Å². The number of carbonyl (C=O) groups is 2. The number of nitrogens with one attached hydrogen (secondary N) is 1. The first-order valence-corrected chi connectivity index (χ1v) is 6.48. The van der Waals surface area contributed by atoms with E-state index in [2.05, 4.69) is 10.1 Å². The van der Waals surface area contributed by atoms with Crippen LogP contribution in [0.4, 0.5) is 13.2 Å². The molecule has 0 saturated heterocycles. The molecule has 1 amide bonds. The van der Waals surface area contributed by atoms with Crippen molar-refractivity contribution in [2.45, 2.75) is 12.6 Å². The van der Waals surface area contributed by atoms with Crippen molar-refractivity contribution in [3.05, 3.63) is 41.5 Å². The third-order valence-electron chi connectivity index (χ3n) is 2.55. The van der Waals surface area contributed by atoms with Gasteiger partial charge in [-0.25, -0.2) is 4.79 Å². The number of carbonyl (C=O) groups excluding carboxylic acids is 2. The summed E-state index contributed by atoms with van der Waals surface area (Å²) in [6.07, 6.45) is -1.99. The number of rotatable bonds is 6. The molecular formula is C15H13F3N2O3. The molecule has 122 valence electrons. The van der Waals surface area contributed by atoms with Crippen LogP contribution in [0.5, 0.6) is 0 Å². The zero-order valence-electron chi connectivity index (χ0n) is 11.9. The van der Waals surface area contributed by atoms with Crippen LogP contribution in [0.15, 0.2) is 30.3 Å². The smallest absolute Gasteiger partial charge is 0.416 e. The molecule has 1 N–H and O–H groups in total. The maximum absolute atomic E-state index is 12.4. The van der Waals surface area contributed by atoms with Crippen molar-refractivity contribution < 1.29 is 27.5 Å². The van der Waals surface area contributed by atoms with E-state index in [9.17, 15) is 22.8 Å². The SMILES string of the molecule is N#CCCNC(=O)COC(=O)/C=C/c1ccc(C(F)(F)F)cc1. The minimum absolute atomic E-state index is 0.146. The minimum Gasteiger partial charge on any atom is -0.452 e. The maximum Gasteiger partial charge on any atom is 0.416 e. The fraction of sp³-hybridized carbons (Fsp3) is 0.267. The molecule has 0 fully saturated rings. The van der Waals surface area contributed by atoms with E-state index in [4.69, 9.17) is 5.26 Å². The minimum atomic E-state index is -4.42. The van der Waals surface area contributed by atoms with E-state index in [0.29, 0.717) is 5.56 Å². The van der Waals surface area contributed by atoms with Gasteiger partial charge in [-0.15, -0.1) is 0 Å². The highest BCUT2D eigenvalue weighted by atomic mass is 19.4. The van der Waals surface area contributed by atoms with E-state index in [1.54, 1.807) is 0 Å². The predicted octanol–water partition coefficient (Wildman–Crippen LogP) is 2.29. The summed E-state index contributed by atoms with van der Waals surface area (Å²) in [5.74, 6) is -1.35. The number of benzene rings is 1. The molecule has 0 bridgehead atoms. The molecule has 8 heteroatoms. The second kappa shape index (κ2) is 8.58.